The van der Waals surface area contributed by atoms with Gasteiger partial charge in [-0.3, -0.25) is 24.1 Å². The van der Waals surface area contributed by atoms with Gasteiger partial charge >= 0.3 is 0 Å². The zero-order valence-corrected chi connectivity index (χ0v) is 16.5. The molecule has 1 aromatic rings. The number of imide groups is 1. The number of rotatable bonds is 6. The molecule has 3 aliphatic rings. The highest BCUT2D eigenvalue weighted by molar-refractivity contribution is 6.07. The average molecular weight is 395 g/mol. The lowest BCUT2D eigenvalue weighted by molar-refractivity contribution is -0.147. The van der Waals surface area contributed by atoms with Gasteiger partial charge in [0.05, 0.1) is 11.8 Å². The van der Waals surface area contributed by atoms with Crippen LogP contribution in [0.3, 0.4) is 0 Å². The first kappa shape index (κ1) is 19.4. The third kappa shape index (κ3) is 3.81. The van der Waals surface area contributed by atoms with Crippen LogP contribution >= 0.6 is 0 Å². The first-order valence-electron chi connectivity index (χ1n) is 10.1. The quantitative estimate of drug-likeness (QED) is 0.584. The number of benzene rings is 1. The molecule has 0 radical (unpaired) electrons. The van der Waals surface area contributed by atoms with Crippen LogP contribution in [0.25, 0.3) is 0 Å². The Morgan fingerprint density at radius 1 is 1.03 bits per heavy atom. The van der Waals surface area contributed by atoms with Gasteiger partial charge in [-0.1, -0.05) is 24.3 Å². The maximum absolute atomic E-state index is 13.0. The summed E-state index contributed by atoms with van der Waals surface area (Å²) >= 11 is 0. The highest BCUT2D eigenvalue weighted by Crippen LogP contribution is 2.35. The van der Waals surface area contributed by atoms with Gasteiger partial charge in [-0.25, -0.2) is 0 Å². The molecule has 0 bridgehead atoms. The van der Waals surface area contributed by atoms with E-state index in [1.807, 2.05) is 24.3 Å². The normalized spacial score (nSPS) is 23.1. The lowest BCUT2D eigenvalue weighted by Crippen LogP contribution is -2.43. The van der Waals surface area contributed by atoms with Gasteiger partial charge in [-0.05, 0) is 43.4 Å². The van der Waals surface area contributed by atoms with Crippen LogP contribution in [0.15, 0.2) is 36.4 Å². The number of amides is 4. The summed E-state index contributed by atoms with van der Waals surface area (Å²) in [6.07, 6.45) is 6.89. The summed E-state index contributed by atoms with van der Waals surface area (Å²) in [5.41, 5.74) is 1.47. The van der Waals surface area contributed by atoms with Gasteiger partial charge in [0, 0.05) is 25.2 Å². The summed E-state index contributed by atoms with van der Waals surface area (Å²) in [6.45, 7) is 0.222. The van der Waals surface area contributed by atoms with E-state index < -0.39 is 0 Å². The van der Waals surface area contributed by atoms with Crippen molar-refractivity contribution in [1.82, 2.24) is 15.1 Å². The van der Waals surface area contributed by atoms with Crippen LogP contribution in [0.2, 0.25) is 0 Å². The van der Waals surface area contributed by atoms with E-state index in [1.165, 1.54) is 0 Å². The number of hydrogen-bond donors (Lipinski definition) is 1. The molecule has 4 rings (SSSR count). The number of carbonyl (C=O) groups is 4. The number of fused-ring (bicyclic) bond motifs is 1. The highest BCUT2D eigenvalue weighted by atomic mass is 16.2. The van der Waals surface area contributed by atoms with Crippen molar-refractivity contribution in [3.63, 3.8) is 0 Å². The molecule has 1 saturated heterocycles. The highest BCUT2D eigenvalue weighted by Gasteiger charge is 2.48. The number of carbonyl (C=O) groups excluding carboxylic acids is 4. The fraction of sp³-hybridized carbons (Fsp3) is 0.455. The molecular formula is C22H25N3O4. The van der Waals surface area contributed by atoms with Crippen molar-refractivity contribution in [2.24, 2.45) is 11.8 Å². The zero-order chi connectivity index (χ0) is 20.5. The number of allylic oxidation sites excluding steroid dienone is 2. The molecule has 1 aliphatic heterocycles. The second kappa shape index (κ2) is 7.81. The molecule has 1 heterocycles. The standard InChI is InChI=1S/C22H25N3O4/c1-23-20(27)15-8-6-14(7-9-15)12-24(16-10-11-16)19(26)13-25-21(28)17-4-2-3-5-18(17)22(25)29/h2-3,6-9,16-18H,4-5,10-13H2,1H3,(H,23,27). The van der Waals surface area contributed by atoms with Crippen LogP contribution in [0.4, 0.5) is 0 Å². The van der Waals surface area contributed by atoms with Crippen molar-refractivity contribution in [3.8, 4) is 0 Å². The van der Waals surface area contributed by atoms with Crippen LogP contribution in [0.1, 0.15) is 41.6 Å². The molecule has 1 aromatic carbocycles. The van der Waals surface area contributed by atoms with E-state index in [-0.39, 0.29) is 48.1 Å². The lowest BCUT2D eigenvalue weighted by atomic mass is 9.85. The van der Waals surface area contributed by atoms with Crippen molar-refractivity contribution in [3.05, 3.63) is 47.5 Å². The van der Waals surface area contributed by atoms with Gasteiger partial charge in [0.2, 0.25) is 17.7 Å². The largest absolute Gasteiger partial charge is 0.355 e. The van der Waals surface area contributed by atoms with Crippen molar-refractivity contribution in [1.29, 1.82) is 0 Å². The predicted molar refractivity (Wildman–Crippen MR) is 105 cm³/mol. The molecule has 7 heteroatoms. The molecule has 0 aromatic heterocycles. The summed E-state index contributed by atoms with van der Waals surface area (Å²) in [4.78, 5) is 52.9. The average Bonchev–Trinajstić information content (AvgIpc) is 3.56. The Balaban J connectivity index is 1.44. The smallest absolute Gasteiger partial charge is 0.251 e. The van der Waals surface area contributed by atoms with Crippen LogP contribution in [0, 0.1) is 11.8 Å². The van der Waals surface area contributed by atoms with Crippen LogP contribution in [0.5, 0.6) is 0 Å². The van der Waals surface area contributed by atoms with Crippen LogP contribution < -0.4 is 5.32 Å². The Labute approximate surface area is 169 Å². The molecule has 2 fully saturated rings. The number of hydrogen-bond acceptors (Lipinski definition) is 4. The van der Waals surface area contributed by atoms with E-state index in [9.17, 15) is 19.2 Å². The van der Waals surface area contributed by atoms with Gasteiger partial charge in [-0.2, -0.15) is 0 Å². The maximum Gasteiger partial charge on any atom is 0.251 e. The molecule has 2 atom stereocenters. The third-order valence-electron chi connectivity index (χ3n) is 6.00. The van der Waals surface area contributed by atoms with E-state index >= 15 is 0 Å². The minimum absolute atomic E-state index is 0.151. The van der Waals surface area contributed by atoms with Gasteiger partial charge in [-0.15, -0.1) is 0 Å². The fourth-order valence-electron chi connectivity index (χ4n) is 4.16. The van der Waals surface area contributed by atoms with E-state index in [0.29, 0.717) is 24.9 Å². The summed E-state index contributed by atoms with van der Waals surface area (Å²) < 4.78 is 0. The van der Waals surface area contributed by atoms with Crippen molar-refractivity contribution >= 4 is 23.6 Å². The molecule has 1 saturated carbocycles. The van der Waals surface area contributed by atoms with Crippen molar-refractivity contribution in [2.75, 3.05) is 13.6 Å². The molecule has 0 spiro atoms. The van der Waals surface area contributed by atoms with Gasteiger partial charge in [0.25, 0.3) is 5.91 Å². The van der Waals surface area contributed by atoms with Gasteiger partial charge in [0.15, 0.2) is 0 Å². The zero-order valence-electron chi connectivity index (χ0n) is 16.5. The first-order valence-corrected chi connectivity index (χ1v) is 10.1. The summed E-state index contributed by atoms with van der Waals surface area (Å²) in [5, 5.41) is 2.58. The SMILES string of the molecule is CNC(=O)c1ccc(CN(C(=O)CN2C(=O)C3CC=CCC3C2=O)C2CC2)cc1. The predicted octanol–water partition coefficient (Wildman–Crippen LogP) is 1.49. The molecule has 2 aliphatic carbocycles. The molecule has 1 N–H and O–H groups in total. The Bertz CT molecular complexity index is 847. The Morgan fingerprint density at radius 2 is 1.62 bits per heavy atom. The minimum atomic E-state index is -0.313. The van der Waals surface area contributed by atoms with E-state index in [0.717, 1.165) is 23.3 Å². The Kier molecular flexibility index (Phi) is 5.22. The van der Waals surface area contributed by atoms with Crippen LogP contribution in [-0.2, 0) is 20.9 Å². The van der Waals surface area contributed by atoms with Gasteiger partial charge in [0.1, 0.15) is 6.54 Å². The first-order chi connectivity index (χ1) is 14.0. The second-order valence-electron chi connectivity index (χ2n) is 7.95. The fourth-order valence-corrected chi connectivity index (χ4v) is 4.16. The molecule has 152 valence electrons. The third-order valence-corrected chi connectivity index (χ3v) is 6.00. The maximum atomic E-state index is 13.0. The number of nitrogens with one attached hydrogen (secondary N) is 1. The molecule has 2 unspecified atom stereocenters. The van der Waals surface area contributed by atoms with E-state index in [2.05, 4.69) is 5.32 Å². The summed E-state index contributed by atoms with van der Waals surface area (Å²) in [7, 11) is 1.58. The topological polar surface area (TPSA) is 86.8 Å². The van der Waals surface area contributed by atoms with Crippen molar-refractivity contribution < 1.29 is 19.2 Å². The second-order valence-corrected chi connectivity index (χ2v) is 7.95. The van der Waals surface area contributed by atoms with E-state index in [1.54, 1.807) is 24.1 Å². The minimum Gasteiger partial charge on any atom is -0.355 e. The van der Waals surface area contributed by atoms with E-state index in [4.69, 9.17) is 0 Å². The molecule has 7 nitrogen and oxygen atoms in total. The van der Waals surface area contributed by atoms with Crippen LogP contribution in [-0.4, -0.2) is 53.1 Å². The lowest BCUT2D eigenvalue weighted by Gasteiger charge is -2.25. The number of nitrogens with zero attached hydrogens (tertiary/aromatic N) is 2. The number of likely N-dealkylation sites (tertiary alicyclic amines) is 1. The summed E-state index contributed by atoms with van der Waals surface area (Å²) in [6, 6.07) is 7.28. The van der Waals surface area contributed by atoms with Crippen molar-refractivity contribution in [2.45, 2.75) is 38.3 Å². The molecular weight excluding hydrogens is 370 g/mol. The molecule has 4 amide bonds. The monoisotopic (exact) mass is 395 g/mol. The Morgan fingerprint density at radius 3 is 2.14 bits per heavy atom. The summed E-state index contributed by atoms with van der Waals surface area (Å²) in [5.74, 6) is -1.42. The van der Waals surface area contributed by atoms with Gasteiger partial charge < -0.3 is 10.2 Å². The molecule has 29 heavy (non-hydrogen) atoms. The Hall–Kier alpha value is -2.96.